The lowest BCUT2D eigenvalue weighted by Crippen LogP contribution is -2.54. The molecule has 2 aromatic rings. The van der Waals surface area contributed by atoms with Gasteiger partial charge in [-0.2, -0.15) is 4.31 Å². The monoisotopic (exact) mass is 541 g/mol. The first-order valence-electron chi connectivity index (χ1n) is 9.78. The van der Waals surface area contributed by atoms with E-state index in [1.807, 2.05) is 35.7 Å². The number of carbonyl (C=O) groups is 1. The summed E-state index contributed by atoms with van der Waals surface area (Å²) in [5.74, 6) is 0.0693. The molecule has 9 heteroatoms. The number of nitrogens with one attached hydrogen (secondary N) is 1. The molecule has 2 unspecified atom stereocenters. The van der Waals surface area contributed by atoms with Gasteiger partial charge in [0.1, 0.15) is 0 Å². The predicted octanol–water partition coefficient (Wildman–Crippen LogP) is 3.02. The van der Waals surface area contributed by atoms with E-state index in [4.69, 9.17) is 4.74 Å². The topological polar surface area (TPSA) is 78.9 Å². The number of fused-ring (bicyclic) bond motifs is 2. The highest BCUT2D eigenvalue weighted by Crippen LogP contribution is 2.40. The second-order valence-corrected chi connectivity index (χ2v) is 10.6. The first kappa shape index (κ1) is 21.5. The molecule has 2 aliphatic rings. The number of nitrogens with zero attached hydrogens (tertiary/aromatic N) is 2. The van der Waals surface area contributed by atoms with Crippen molar-refractivity contribution in [2.75, 3.05) is 32.6 Å². The van der Waals surface area contributed by atoms with Gasteiger partial charge in [-0.3, -0.25) is 4.79 Å². The summed E-state index contributed by atoms with van der Waals surface area (Å²) in [5, 5.41) is 2.83. The first-order chi connectivity index (χ1) is 14.3. The lowest BCUT2D eigenvalue weighted by molar-refractivity contribution is 0.102. The molecule has 30 heavy (non-hydrogen) atoms. The molecular formula is C21H24IN3O4S. The van der Waals surface area contributed by atoms with Gasteiger partial charge in [0.05, 0.1) is 21.3 Å². The van der Waals surface area contributed by atoms with E-state index in [-0.39, 0.29) is 22.9 Å². The fourth-order valence-electron chi connectivity index (χ4n) is 4.40. The molecule has 1 N–H and O–H groups in total. The Balaban J connectivity index is 1.66. The van der Waals surface area contributed by atoms with Crippen molar-refractivity contribution < 1.29 is 17.9 Å². The fraction of sp³-hybridized carbons (Fsp3) is 0.381. The lowest BCUT2D eigenvalue weighted by Gasteiger charge is -2.38. The third-order valence-electron chi connectivity index (χ3n) is 5.70. The van der Waals surface area contributed by atoms with E-state index in [1.165, 1.54) is 7.11 Å². The highest BCUT2D eigenvalue weighted by Gasteiger charge is 2.46. The molecule has 2 aromatic carbocycles. The molecule has 2 atom stereocenters. The fourth-order valence-corrected chi connectivity index (χ4v) is 7.84. The molecular weight excluding hydrogens is 517 g/mol. The highest BCUT2D eigenvalue weighted by molar-refractivity contribution is 14.1. The average molecular weight is 541 g/mol. The number of piperazine rings is 1. The maximum absolute atomic E-state index is 13.6. The summed E-state index contributed by atoms with van der Waals surface area (Å²) < 4.78 is 34.8. The number of hydrogen-bond donors (Lipinski definition) is 1. The Bertz CT molecular complexity index is 1050. The standard InChI is InChI=1S/C21H24IN3O4S/c1-24-12-15-8-9-16(13-24)25(15)30(27,28)18-11-10-17(20(29-2)19(18)22)23-21(26)14-6-4-3-5-7-14/h3-7,10-11,15-16H,8-9,12-13H2,1-2H3,(H,23,26). The van der Waals surface area contributed by atoms with Crippen LogP contribution >= 0.6 is 22.6 Å². The van der Waals surface area contributed by atoms with E-state index in [9.17, 15) is 13.2 Å². The number of sulfonamides is 1. The van der Waals surface area contributed by atoms with Gasteiger partial charge in [0.15, 0.2) is 5.75 Å². The summed E-state index contributed by atoms with van der Waals surface area (Å²) in [7, 11) is -0.164. The van der Waals surface area contributed by atoms with Crippen molar-refractivity contribution in [3.63, 3.8) is 0 Å². The smallest absolute Gasteiger partial charge is 0.255 e. The summed E-state index contributed by atoms with van der Waals surface area (Å²) in [6, 6.07) is 12.0. The first-order valence-corrected chi connectivity index (χ1v) is 12.3. The van der Waals surface area contributed by atoms with Gasteiger partial charge in [-0.05, 0) is 66.7 Å². The van der Waals surface area contributed by atoms with Crippen molar-refractivity contribution in [3.05, 3.63) is 51.6 Å². The summed E-state index contributed by atoms with van der Waals surface area (Å²) in [4.78, 5) is 15.0. The number of halogens is 1. The zero-order chi connectivity index (χ0) is 21.5. The number of amides is 1. The molecule has 0 radical (unpaired) electrons. The molecule has 2 heterocycles. The zero-order valence-corrected chi connectivity index (χ0v) is 19.8. The van der Waals surface area contributed by atoms with Crippen LogP contribution in [0, 0.1) is 3.57 Å². The molecule has 2 bridgehead atoms. The number of ether oxygens (including phenoxy) is 1. The summed E-state index contributed by atoms with van der Waals surface area (Å²) >= 11 is 2.00. The second-order valence-electron chi connectivity index (χ2n) is 7.72. The van der Waals surface area contributed by atoms with Gasteiger partial charge in [0.25, 0.3) is 5.91 Å². The number of anilines is 1. The number of rotatable bonds is 5. The van der Waals surface area contributed by atoms with Crippen LogP contribution in [0.5, 0.6) is 5.75 Å². The Morgan fingerprint density at radius 1 is 1.10 bits per heavy atom. The van der Waals surface area contributed by atoms with Crippen molar-refractivity contribution in [2.24, 2.45) is 0 Å². The van der Waals surface area contributed by atoms with Crippen LogP contribution in [0.4, 0.5) is 5.69 Å². The molecule has 0 saturated carbocycles. The SMILES string of the molecule is COc1c(NC(=O)c2ccccc2)ccc(S(=O)(=O)N2C3CCC2CN(C)C3)c1I. The van der Waals surface area contributed by atoms with Crippen LogP contribution in [-0.4, -0.2) is 62.9 Å². The van der Waals surface area contributed by atoms with E-state index in [1.54, 1.807) is 40.7 Å². The Morgan fingerprint density at radius 2 is 1.73 bits per heavy atom. The minimum atomic E-state index is -3.68. The Morgan fingerprint density at radius 3 is 2.33 bits per heavy atom. The van der Waals surface area contributed by atoms with Crippen LogP contribution in [0.15, 0.2) is 47.4 Å². The Hall–Kier alpha value is -1.69. The predicted molar refractivity (Wildman–Crippen MR) is 123 cm³/mol. The molecule has 0 aliphatic carbocycles. The molecule has 1 amide bonds. The van der Waals surface area contributed by atoms with E-state index >= 15 is 0 Å². The van der Waals surface area contributed by atoms with Crippen LogP contribution in [0.1, 0.15) is 23.2 Å². The normalized spacial score (nSPS) is 22.1. The maximum atomic E-state index is 13.6. The van der Waals surface area contributed by atoms with Crippen LogP contribution in [-0.2, 0) is 10.0 Å². The molecule has 160 valence electrons. The minimum absolute atomic E-state index is 0.00185. The van der Waals surface area contributed by atoms with Crippen molar-refractivity contribution >= 4 is 44.2 Å². The Labute approximate surface area is 190 Å². The van der Waals surface area contributed by atoms with Gasteiger partial charge in [-0.25, -0.2) is 8.42 Å². The number of methoxy groups -OCH3 is 1. The van der Waals surface area contributed by atoms with Gasteiger partial charge in [0, 0.05) is 30.7 Å². The molecule has 2 fully saturated rings. The summed E-state index contributed by atoms with van der Waals surface area (Å²) in [5.41, 5.74) is 0.955. The number of likely N-dealkylation sites (tertiary alicyclic amines) is 1. The van der Waals surface area contributed by atoms with Crippen molar-refractivity contribution in [3.8, 4) is 5.75 Å². The number of benzene rings is 2. The highest BCUT2D eigenvalue weighted by atomic mass is 127. The number of likely N-dealkylation sites (N-methyl/N-ethyl adjacent to an activating group) is 1. The zero-order valence-electron chi connectivity index (χ0n) is 16.8. The molecule has 0 spiro atoms. The quantitative estimate of drug-likeness (QED) is 0.590. The molecule has 2 saturated heterocycles. The summed E-state index contributed by atoms with van der Waals surface area (Å²) in [6.07, 6.45) is 1.76. The number of carbonyl (C=O) groups excluding carboxylic acids is 1. The van der Waals surface area contributed by atoms with Crippen LogP contribution in [0.25, 0.3) is 0 Å². The number of hydrogen-bond acceptors (Lipinski definition) is 5. The van der Waals surface area contributed by atoms with Crippen LogP contribution in [0.3, 0.4) is 0 Å². The van der Waals surface area contributed by atoms with Gasteiger partial charge in [0.2, 0.25) is 10.0 Å². The lowest BCUT2D eigenvalue weighted by atomic mass is 10.2. The second kappa shape index (κ2) is 8.45. The van der Waals surface area contributed by atoms with E-state index in [0.717, 1.165) is 25.9 Å². The molecule has 4 rings (SSSR count). The van der Waals surface area contributed by atoms with Crippen molar-refractivity contribution in [2.45, 2.75) is 29.8 Å². The van der Waals surface area contributed by atoms with Gasteiger partial charge < -0.3 is 15.0 Å². The minimum Gasteiger partial charge on any atom is -0.493 e. The average Bonchev–Trinajstić information content (AvgIpc) is 3.01. The largest absolute Gasteiger partial charge is 0.493 e. The van der Waals surface area contributed by atoms with E-state index in [2.05, 4.69) is 10.2 Å². The van der Waals surface area contributed by atoms with Crippen molar-refractivity contribution in [1.29, 1.82) is 0 Å². The maximum Gasteiger partial charge on any atom is 0.255 e. The van der Waals surface area contributed by atoms with Crippen molar-refractivity contribution in [1.82, 2.24) is 9.21 Å². The third kappa shape index (κ3) is 3.83. The Kier molecular flexibility index (Phi) is 6.06. The van der Waals surface area contributed by atoms with Crippen LogP contribution < -0.4 is 10.1 Å². The van der Waals surface area contributed by atoms with Crippen LogP contribution in [0.2, 0.25) is 0 Å². The third-order valence-corrected chi connectivity index (χ3v) is 9.19. The van der Waals surface area contributed by atoms with Gasteiger partial charge in [-0.1, -0.05) is 18.2 Å². The van der Waals surface area contributed by atoms with E-state index in [0.29, 0.717) is 20.6 Å². The molecule has 2 aliphatic heterocycles. The summed E-state index contributed by atoms with van der Waals surface area (Å²) in [6.45, 7) is 1.49. The van der Waals surface area contributed by atoms with Gasteiger partial charge in [-0.15, -0.1) is 0 Å². The van der Waals surface area contributed by atoms with Gasteiger partial charge >= 0.3 is 0 Å². The van der Waals surface area contributed by atoms with E-state index < -0.39 is 10.0 Å². The molecule has 0 aromatic heterocycles. The molecule has 7 nitrogen and oxygen atoms in total.